The average Bonchev–Trinajstić information content (AvgIpc) is 2.55. The third kappa shape index (κ3) is 2.15. The number of nitrogens with zero attached hydrogens (tertiary/aromatic N) is 1. The van der Waals surface area contributed by atoms with Crippen LogP contribution < -0.4 is 4.57 Å². The first-order valence-electron chi connectivity index (χ1n) is 5.32. The second-order valence-corrected chi connectivity index (χ2v) is 7.51. The van der Waals surface area contributed by atoms with E-state index in [0.717, 1.165) is 6.54 Å². The summed E-state index contributed by atoms with van der Waals surface area (Å²) in [5.74, 6) is 1.18. The second-order valence-electron chi connectivity index (χ2n) is 3.52. The van der Waals surface area contributed by atoms with Gasteiger partial charge in [-0.05, 0) is 0 Å². The van der Waals surface area contributed by atoms with E-state index in [4.69, 9.17) is 0 Å². The van der Waals surface area contributed by atoms with Crippen molar-refractivity contribution in [3.8, 4) is 0 Å². The summed E-state index contributed by atoms with van der Waals surface area (Å²) in [5.41, 5.74) is 2.82. The Morgan fingerprint density at radius 1 is 1.33 bits per heavy atom. The Hall–Kier alpha value is -0.241. The molecule has 80 valence electrons. The van der Waals surface area contributed by atoms with E-state index in [0.29, 0.717) is 14.5 Å². The molecule has 0 fully saturated rings. The van der Waals surface area contributed by atoms with Crippen molar-refractivity contribution in [2.24, 2.45) is 0 Å². The van der Waals surface area contributed by atoms with Crippen LogP contribution >= 0.6 is 11.8 Å². The van der Waals surface area contributed by atoms with Gasteiger partial charge in [0, 0.05) is 0 Å². The number of aromatic nitrogens is 1. The van der Waals surface area contributed by atoms with Crippen LogP contribution in [0.15, 0.2) is 22.1 Å². The first kappa shape index (κ1) is 11.3. The van der Waals surface area contributed by atoms with Gasteiger partial charge in [0.2, 0.25) is 0 Å². The minimum atomic E-state index is 0.541. The standard InChI is InChI=1S/C12H16NSSe/c1-4-13-10-8-9(3)6-7-11(10)15-12(13)14-5-2/h6-8H,4-5H2,1-3H3/q+1. The Bertz CT molecular complexity index is 476. The van der Waals surface area contributed by atoms with Crippen LogP contribution in [0.4, 0.5) is 0 Å². The molecule has 0 unspecified atom stereocenters. The molecule has 3 heteroatoms. The molecule has 2 rings (SSSR count). The van der Waals surface area contributed by atoms with Crippen molar-refractivity contribution >= 4 is 36.0 Å². The van der Waals surface area contributed by atoms with Gasteiger partial charge < -0.3 is 0 Å². The van der Waals surface area contributed by atoms with E-state index in [1.807, 2.05) is 11.8 Å². The van der Waals surface area contributed by atoms with Crippen molar-refractivity contribution in [3.63, 3.8) is 0 Å². The fourth-order valence-electron chi connectivity index (χ4n) is 1.70. The summed E-state index contributed by atoms with van der Waals surface area (Å²) in [7, 11) is 0. The van der Waals surface area contributed by atoms with Gasteiger partial charge in [0.05, 0.1) is 0 Å². The van der Waals surface area contributed by atoms with Crippen LogP contribution in [0, 0.1) is 6.92 Å². The van der Waals surface area contributed by atoms with Crippen molar-refractivity contribution in [3.05, 3.63) is 23.8 Å². The van der Waals surface area contributed by atoms with E-state index in [1.165, 1.54) is 16.8 Å². The average molecular weight is 285 g/mol. The number of thioether (sulfide) groups is 1. The summed E-state index contributed by atoms with van der Waals surface area (Å²) in [6.45, 7) is 7.74. The predicted molar refractivity (Wildman–Crippen MR) is 67.9 cm³/mol. The SMILES string of the molecule is CCSc1[se]c2ccc(C)cc2[n+]1CC. The fourth-order valence-corrected chi connectivity index (χ4v) is 5.93. The first-order chi connectivity index (χ1) is 7.26. The molecule has 1 nitrogen and oxygen atoms in total. The Balaban J connectivity index is 2.63. The van der Waals surface area contributed by atoms with Gasteiger partial charge in [-0.25, -0.2) is 0 Å². The van der Waals surface area contributed by atoms with Crippen molar-refractivity contribution < 1.29 is 4.57 Å². The molecule has 0 saturated carbocycles. The predicted octanol–water partition coefficient (Wildman–Crippen LogP) is 2.62. The van der Waals surface area contributed by atoms with Gasteiger partial charge >= 0.3 is 101 Å². The van der Waals surface area contributed by atoms with Gasteiger partial charge in [0.25, 0.3) is 0 Å². The van der Waals surface area contributed by atoms with E-state index < -0.39 is 0 Å². The van der Waals surface area contributed by atoms with Crippen LogP contribution in [0.5, 0.6) is 0 Å². The molecule has 0 aliphatic heterocycles. The Morgan fingerprint density at radius 2 is 2.13 bits per heavy atom. The molecular weight excluding hydrogens is 269 g/mol. The number of benzene rings is 1. The normalized spacial score (nSPS) is 11.1. The van der Waals surface area contributed by atoms with Gasteiger partial charge in [-0.1, -0.05) is 0 Å². The summed E-state index contributed by atoms with van der Waals surface area (Å²) in [6, 6.07) is 6.86. The van der Waals surface area contributed by atoms with E-state index in [2.05, 4.69) is 43.5 Å². The van der Waals surface area contributed by atoms with E-state index in [-0.39, 0.29) is 0 Å². The maximum absolute atomic E-state index is 2.48. The summed E-state index contributed by atoms with van der Waals surface area (Å²) in [5, 5.41) is 0. The van der Waals surface area contributed by atoms with Gasteiger partial charge in [0.1, 0.15) is 0 Å². The Morgan fingerprint density at radius 3 is 2.80 bits per heavy atom. The number of rotatable bonds is 3. The van der Waals surface area contributed by atoms with Crippen molar-refractivity contribution in [1.29, 1.82) is 0 Å². The van der Waals surface area contributed by atoms with E-state index in [1.54, 1.807) is 8.16 Å². The van der Waals surface area contributed by atoms with Crippen molar-refractivity contribution in [2.75, 3.05) is 5.75 Å². The molecule has 0 aliphatic carbocycles. The van der Waals surface area contributed by atoms with Crippen LogP contribution in [-0.4, -0.2) is 20.3 Å². The Labute approximate surface area is 101 Å². The molecule has 2 aromatic rings. The third-order valence-electron chi connectivity index (χ3n) is 2.41. The first-order valence-corrected chi connectivity index (χ1v) is 8.02. The molecule has 1 aromatic heterocycles. The van der Waals surface area contributed by atoms with Crippen LogP contribution in [0.25, 0.3) is 9.78 Å². The molecule has 0 atom stereocenters. The van der Waals surface area contributed by atoms with E-state index in [9.17, 15) is 0 Å². The quantitative estimate of drug-likeness (QED) is 0.476. The fraction of sp³-hybridized carbons (Fsp3) is 0.417. The summed E-state index contributed by atoms with van der Waals surface area (Å²) >= 11 is 2.55. The van der Waals surface area contributed by atoms with Crippen molar-refractivity contribution in [2.45, 2.75) is 31.2 Å². The van der Waals surface area contributed by atoms with E-state index >= 15 is 0 Å². The van der Waals surface area contributed by atoms with Crippen LogP contribution in [0.3, 0.4) is 0 Å². The zero-order valence-corrected chi connectivity index (χ0v) is 11.9. The maximum atomic E-state index is 2.48. The molecular formula is C12H16NSSe+. The summed E-state index contributed by atoms with van der Waals surface area (Å²) < 4.78 is 5.61. The molecule has 0 N–H and O–H groups in total. The molecule has 0 bridgehead atoms. The van der Waals surface area contributed by atoms with Gasteiger partial charge in [-0.3, -0.25) is 0 Å². The molecule has 1 heterocycles. The number of aryl methyl sites for hydroxylation is 2. The molecule has 0 amide bonds. The monoisotopic (exact) mass is 286 g/mol. The topological polar surface area (TPSA) is 3.88 Å². The Kier molecular flexibility index (Phi) is 3.55. The number of hydrogen-bond acceptors (Lipinski definition) is 1. The summed E-state index contributed by atoms with van der Waals surface area (Å²) in [4.78, 5) is 0. The minimum absolute atomic E-state index is 0.541. The molecule has 0 spiro atoms. The molecule has 0 saturated heterocycles. The summed E-state index contributed by atoms with van der Waals surface area (Å²) in [6.07, 6.45) is 0. The van der Waals surface area contributed by atoms with Crippen molar-refractivity contribution in [1.82, 2.24) is 0 Å². The van der Waals surface area contributed by atoms with Crippen LogP contribution in [-0.2, 0) is 6.54 Å². The third-order valence-corrected chi connectivity index (χ3v) is 6.35. The van der Waals surface area contributed by atoms with Crippen LogP contribution in [0.2, 0.25) is 0 Å². The molecule has 1 aromatic carbocycles. The van der Waals surface area contributed by atoms with Gasteiger partial charge in [-0.2, -0.15) is 0 Å². The van der Waals surface area contributed by atoms with Gasteiger partial charge in [0.15, 0.2) is 0 Å². The molecule has 15 heavy (non-hydrogen) atoms. The second kappa shape index (κ2) is 4.73. The molecule has 0 radical (unpaired) electrons. The number of hydrogen-bond donors (Lipinski definition) is 0. The molecule has 0 aliphatic rings. The van der Waals surface area contributed by atoms with Gasteiger partial charge in [-0.15, -0.1) is 0 Å². The zero-order valence-electron chi connectivity index (χ0n) is 9.41. The van der Waals surface area contributed by atoms with Crippen LogP contribution in [0.1, 0.15) is 19.4 Å². The zero-order chi connectivity index (χ0) is 10.8. The number of fused-ring (bicyclic) bond motifs is 1.